The molecule has 1 aromatic rings. The van der Waals surface area contributed by atoms with Crippen LogP contribution in [0.3, 0.4) is 0 Å². The van der Waals surface area contributed by atoms with Gasteiger partial charge in [-0.3, -0.25) is 0 Å². The molecule has 1 atom stereocenters. The molecule has 16 heavy (non-hydrogen) atoms. The second-order valence-corrected chi connectivity index (χ2v) is 5.64. The molecule has 0 bridgehead atoms. The van der Waals surface area contributed by atoms with Crippen molar-refractivity contribution < 1.29 is 0 Å². The van der Waals surface area contributed by atoms with Crippen molar-refractivity contribution in [3.63, 3.8) is 0 Å². The average molecular weight is 235 g/mol. The SMILES string of the molecule is CC1c2ccsc2CCN1C(N)=NC1CC1. The van der Waals surface area contributed by atoms with Crippen LogP contribution in [0.4, 0.5) is 0 Å². The first kappa shape index (κ1) is 10.1. The van der Waals surface area contributed by atoms with Gasteiger partial charge in [-0.05, 0) is 43.2 Å². The molecule has 2 heterocycles. The minimum absolute atomic E-state index is 0.387. The second kappa shape index (κ2) is 3.77. The van der Waals surface area contributed by atoms with Gasteiger partial charge >= 0.3 is 0 Å². The molecule has 1 saturated carbocycles. The highest BCUT2D eigenvalue weighted by atomic mass is 32.1. The van der Waals surface area contributed by atoms with Crippen LogP contribution >= 0.6 is 11.3 Å². The fraction of sp³-hybridized carbons (Fsp3) is 0.583. The summed E-state index contributed by atoms with van der Waals surface area (Å²) in [6, 6.07) is 3.12. The third kappa shape index (κ3) is 1.71. The van der Waals surface area contributed by atoms with Gasteiger partial charge in [0.1, 0.15) is 0 Å². The van der Waals surface area contributed by atoms with Gasteiger partial charge in [0.2, 0.25) is 0 Å². The van der Waals surface area contributed by atoms with E-state index in [1.54, 1.807) is 0 Å². The van der Waals surface area contributed by atoms with Crippen LogP contribution in [0.25, 0.3) is 0 Å². The van der Waals surface area contributed by atoms with Crippen molar-refractivity contribution in [1.29, 1.82) is 0 Å². The van der Waals surface area contributed by atoms with Crippen LogP contribution < -0.4 is 5.73 Å². The van der Waals surface area contributed by atoms with Crippen molar-refractivity contribution in [1.82, 2.24) is 4.90 Å². The third-order valence-corrected chi connectivity index (χ3v) is 4.43. The summed E-state index contributed by atoms with van der Waals surface area (Å²) in [6.07, 6.45) is 3.54. The third-order valence-electron chi connectivity index (χ3n) is 3.43. The maximum absolute atomic E-state index is 6.08. The normalized spacial score (nSPS) is 25.7. The number of rotatable bonds is 1. The monoisotopic (exact) mass is 235 g/mol. The molecule has 0 spiro atoms. The maximum Gasteiger partial charge on any atom is 0.192 e. The molecule has 1 aromatic heterocycles. The highest BCUT2D eigenvalue weighted by molar-refractivity contribution is 7.10. The van der Waals surface area contributed by atoms with E-state index >= 15 is 0 Å². The number of fused-ring (bicyclic) bond motifs is 1. The molecule has 2 N–H and O–H groups in total. The Bertz CT molecular complexity index is 420. The zero-order chi connectivity index (χ0) is 11.1. The molecule has 3 nitrogen and oxygen atoms in total. The van der Waals surface area contributed by atoms with Crippen LogP contribution in [-0.4, -0.2) is 23.4 Å². The zero-order valence-electron chi connectivity index (χ0n) is 9.52. The van der Waals surface area contributed by atoms with E-state index in [9.17, 15) is 0 Å². The lowest BCUT2D eigenvalue weighted by Gasteiger charge is -2.34. The Morgan fingerprint density at radius 3 is 3.12 bits per heavy atom. The van der Waals surface area contributed by atoms with Crippen molar-refractivity contribution in [2.75, 3.05) is 6.54 Å². The van der Waals surface area contributed by atoms with Crippen LogP contribution in [0.2, 0.25) is 0 Å². The molecule has 1 unspecified atom stereocenters. The second-order valence-electron chi connectivity index (χ2n) is 4.64. The summed E-state index contributed by atoms with van der Waals surface area (Å²) in [5.41, 5.74) is 7.52. The minimum Gasteiger partial charge on any atom is -0.370 e. The van der Waals surface area contributed by atoms with Crippen molar-refractivity contribution in [3.8, 4) is 0 Å². The number of hydrogen-bond donors (Lipinski definition) is 1. The topological polar surface area (TPSA) is 41.6 Å². The fourth-order valence-electron chi connectivity index (χ4n) is 2.29. The van der Waals surface area contributed by atoms with E-state index in [4.69, 9.17) is 5.73 Å². The summed E-state index contributed by atoms with van der Waals surface area (Å²) in [6.45, 7) is 3.23. The van der Waals surface area contributed by atoms with Crippen LogP contribution in [-0.2, 0) is 6.42 Å². The lowest BCUT2D eigenvalue weighted by atomic mass is 10.0. The number of guanidine groups is 1. The van der Waals surface area contributed by atoms with E-state index in [-0.39, 0.29) is 0 Å². The molecule has 0 aromatic carbocycles. The predicted molar refractivity (Wildman–Crippen MR) is 67.8 cm³/mol. The molecule has 1 aliphatic heterocycles. The number of thiophene rings is 1. The molecule has 1 fully saturated rings. The molecule has 2 aliphatic rings. The summed E-state index contributed by atoms with van der Waals surface area (Å²) < 4.78 is 0. The van der Waals surface area contributed by atoms with Gasteiger partial charge in [0.05, 0.1) is 12.1 Å². The maximum atomic E-state index is 6.08. The van der Waals surface area contributed by atoms with Gasteiger partial charge in [-0.15, -0.1) is 11.3 Å². The van der Waals surface area contributed by atoms with E-state index in [2.05, 4.69) is 28.3 Å². The van der Waals surface area contributed by atoms with Crippen LogP contribution in [0.5, 0.6) is 0 Å². The highest BCUT2D eigenvalue weighted by Crippen LogP contribution is 2.33. The van der Waals surface area contributed by atoms with Crippen molar-refractivity contribution in [2.45, 2.75) is 38.3 Å². The summed E-state index contributed by atoms with van der Waals surface area (Å²) in [5, 5.41) is 2.18. The number of nitrogens with two attached hydrogens (primary N) is 1. The number of hydrogen-bond acceptors (Lipinski definition) is 2. The molecule has 0 radical (unpaired) electrons. The van der Waals surface area contributed by atoms with Gasteiger partial charge in [-0.2, -0.15) is 0 Å². The Kier molecular flexibility index (Phi) is 2.39. The standard InChI is InChI=1S/C12H17N3S/c1-8-10-5-7-16-11(10)4-6-15(8)12(13)14-9-2-3-9/h5,7-9H,2-4,6H2,1H3,(H2,13,14). The Morgan fingerprint density at radius 1 is 1.56 bits per heavy atom. The molecule has 1 aliphatic carbocycles. The quantitative estimate of drug-likeness (QED) is 0.598. The average Bonchev–Trinajstić information content (AvgIpc) is 2.94. The Balaban J connectivity index is 1.83. The predicted octanol–water partition coefficient (Wildman–Crippen LogP) is 2.14. The molecular formula is C12H17N3S. The van der Waals surface area contributed by atoms with Crippen molar-refractivity contribution >= 4 is 17.3 Å². The van der Waals surface area contributed by atoms with Gasteiger partial charge in [-0.1, -0.05) is 0 Å². The Hall–Kier alpha value is -1.03. The van der Waals surface area contributed by atoms with E-state index < -0.39 is 0 Å². The van der Waals surface area contributed by atoms with Crippen molar-refractivity contribution in [3.05, 3.63) is 21.9 Å². The van der Waals surface area contributed by atoms with Gasteiger partial charge in [-0.25, -0.2) is 4.99 Å². The number of nitrogens with zero attached hydrogens (tertiary/aromatic N) is 2. The lowest BCUT2D eigenvalue weighted by molar-refractivity contribution is 0.317. The van der Waals surface area contributed by atoms with Crippen LogP contribution in [0.1, 0.15) is 36.2 Å². The molecule has 86 valence electrons. The van der Waals surface area contributed by atoms with Gasteiger partial charge in [0, 0.05) is 11.4 Å². The number of aliphatic imine (C=N–C) groups is 1. The molecule has 0 saturated heterocycles. The molecule has 4 heteroatoms. The lowest BCUT2D eigenvalue weighted by Crippen LogP contribution is -2.43. The minimum atomic E-state index is 0.387. The zero-order valence-corrected chi connectivity index (χ0v) is 10.3. The van der Waals surface area contributed by atoms with E-state index in [0.29, 0.717) is 12.1 Å². The largest absolute Gasteiger partial charge is 0.370 e. The van der Waals surface area contributed by atoms with Gasteiger partial charge in [0.25, 0.3) is 0 Å². The van der Waals surface area contributed by atoms with Gasteiger partial charge < -0.3 is 10.6 Å². The van der Waals surface area contributed by atoms with E-state index in [1.165, 1.54) is 23.3 Å². The summed E-state index contributed by atoms with van der Waals surface area (Å²) in [5.74, 6) is 0.742. The van der Waals surface area contributed by atoms with Crippen LogP contribution in [0.15, 0.2) is 16.4 Å². The summed E-state index contributed by atoms with van der Waals surface area (Å²) in [7, 11) is 0. The van der Waals surface area contributed by atoms with Crippen LogP contribution in [0, 0.1) is 0 Å². The van der Waals surface area contributed by atoms with E-state index in [0.717, 1.165) is 18.9 Å². The first-order chi connectivity index (χ1) is 7.75. The van der Waals surface area contributed by atoms with E-state index in [1.807, 2.05) is 11.3 Å². The van der Waals surface area contributed by atoms with Crippen molar-refractivity contribution in [2.24, 2.45) is 10.7 Å². The Labute approximate surface area is 100.0 Å². The van der Waals surface area contributed by atoms with Gasteiger partial charge in [0.15, 0.2) is 5.96 Å². The summed E-state index contributed by atoms with van der Waals surface area (Å²) in [4.78, 5) is 8.30. The molecule has 3 rings (SSSR count). The first-order valence-corrected chi connectivity index (χ1v) is 6.80. The summed E-state index contributed by atoms with van der Waals surface area (Å²) >= 11 is 1.86. The highest BCUT2D eigenvalue weighted by Gasteiger charge is 2.28. The smallest absolute Gasteiger partial charge is 0.192 e. The Morgan fingerprint density at radius 2 is 2.38 bits per heavy atom. The molecule has 0 amide bonds. The first-order valence-electron chi connectivity index (χ1n) is 5.92. The molecular weight excluding hydrogens is 218 g/mol. The fourth-order valence-corrected chi connectivity index (χ4v) is 3.25.